The van der Waals surface area contributed by atoms with Crippen LogP contribution in [0.5, 0.6) is 0 Å². The average molecular weight is 408 g/mol. The van der Waals surface area contributed by atoms with Crippen molar-refractivity contribution < 1.29 is 13.2 Å². The van der Waals surface area contributed by atoms with E-state index in [2.05, 4.69) is 4.90 Å². The molecule has 0 N–H and O–H groups in total. The van der Waals surface area contributed by atoms with Gasteiger partial charge in [0.25, 0.3) is 15.9 Å². The van der Waals surface area contributed by atoms with E-state index < -0.39 is 10.0 Å². The second kappa shape index (κ2) is 7.88. The molecule has 144 valence electrons. The molecule has 6 nitrogen and oxygen atoms in total. The molecule has 1 aliphatic rings. The molecule has 27 heavy (non-hydrogen) atoms. The summed E-state index contributed by atoms with van der Waals surface area (Å²) in [6.45, 7) is 2.83. The third-order valence-electron chi connectivity index (χ3n) is 4.74. The minimum absolute atomic E-state index is 0.180. The zero-order chi connectivity index (χ0) is 19.6. The van der Waals surface area contributed by atoms with Gasteiger partial charge in [0.1, 0.15) is 0 Å². The Morgan fingerprint density at radius 1 is 1.04 bits per heavy atom. The Bertz CT molecular complexity index is 926. The van der Waals surface area contributed by atoms with Crippen molar-refractivity contribution in [3.05, 3.63) is 59.1 Å². The Hall–Kier alpha value is -2.09. The topological polar surface area (TPSA) is 60.9 Å². The van der Waals surface area contributed by atoms with Crippen molar-refractivity contribution in [1.29, 1.82) is 0 Å². The predicted octanol–water partition coefficient (Wildman–Crippen LogP) is 2.55. The summed E-state index contributed by atoms with van der Waals surface area (Å²) in [5, 5.41) is 0.313. The summed E-state index contributed by atoms with van der Waals surface area (Å²) < 4.78 is 26.8. The van der Waals surface area contributed by atoms with Gasteiger partial charge in [-0.1, -0.05) is 29.8 Å². The third kappa shape index (κ3) is 4.10. The van der Waals surface area contributed by atoms with Gasteiger partial charge in [-0.25, -0.2) is 8.42 Å². The summed E-state index contributed by atoms with van der Waals surface area (Å²) >= 11 is 6.25. The molecule has 0 unspecified atom stereocenters. The van der Waals surface area contributed by atoms with E-state index in [1.807, 2.05) is 7.05 Å². The number of carbonyl (C=O) groups is 1. The third-order valence-corrected chi connectivity index (χ3v) is 6.87. The fourth-order valence-corrected chi connectivity index (χ4v) is 4.35. The summed E-state index contributed by atoms with van der Waals surface area (Å²) in [5.41, 5.74) is 0.703. The molecule has 0 aromatic heterocycles. The first kappa shape index (κ1) is 19.7. The number of benzene rings is 2. The van der Waals surface area contributed by atoms with Crippen LogP contribution in [0, 0.1) is 0 Å². The molecule has 1 heterocycles. The normalized spacial score (nSPS) is 15.6. The van der Waals surface area contributed by atoms with Crippen LogP contribution in [0.25, 0.3) is 0 Å². The molecule has 0 radical (unpaired) electrons. The highest BCUT2D eigenvalue weighted by Gasteiger charge is 2.25. The maximum absolute atomic E-state index is 12.9. The van der Waals surface area contributed by atoms with Crippen LogP contribution in [-0.4, -0.2) is 64.4 Å². The Labute approximate surface area is 165 Å². The van der Waals surface area contributed by atoms with Gasteiger partial charge in [0.2, 0.25) is 0 Å². The molecule has 1 aliphatic heterocycles. The minimum atomic E-state index is -3.72. The van der Waals surface area contributed by atoms with E-state index >= 15 is 0 Å². The van der Waals surface area contributed by atoms with Crippen molar-refractivity contribution in [2.45, 2.75) is 4.90 Å². The van der Waals surface area contributed by atoms with Crippen molar-refractivity contribution in [3.63, 3.8) is 0 Å². The number of halogens is 1. The van der Waals surface area contributed by atoms with Gasteiger partial charge >= 0.3 is 0 Å². The van der Waals surface area contributed by atoms with Gasteiger partial charge in [0, 0.05) is 33.2 Å². The van der Waals surface area contributed by atoms with E-state index in [1.165, 1.54) is 23.5 Å². The van der Waals surface area contributed by atoms with Crippen molar-refractivity contribution in [1.82, 2.24) is 9.80 Å². The largest absolute Gasteiger partial charge is 0.336 e. The SMILES string of the molecule is CN1CCN(C(=O)c2cc(N(C)S(=O)(=O)c3ccccc3)ccc2Cl)CC1. The van der Waals surface area contributed by atoms with E-state index in [0.717, 1.165) is 13.1 Å². The Kier molecular flexibility index (Phi) is 5.74. The van der Waals surface area contributed by atoms with Crippen LogP contribution in [0.3, 0.4) is 0 Å². The summed E-state index contributed by atoms with van der Waals surface area (Å²) in [5.74, 6) is -0.180. The van der Waals surface area contributed by atoms with Gasteiger partial charge in [-0.15, -0.1) is 0 Å². The van der Waals surface area contributed by atoms with E-state index in [4.69, 9.17) is 11.6 Å². The summed E-state index contributed by atoms with van der Waals surface area (Å²) in [6, 6.07) is 12.9. The number of rotatable bonds is 4. The smallest absolute Gasteiger partial charge is 0.264 e. The van der Waals surface area contributed by atoms with Crippen LogP contribution >= 0.6 is 11.6 Å². The fourth-order valence-electron chi connectivity index (χ4n) is 2.94. The number of piperazine rings is 1. The number of hydrogen-bond donors (Lipinski definition) is 0. The molecule has 0 spiro atoms. The molecular weight excluding hydrogens is 386 g/mol. The molecule has 1 saturated heterocycles. The lowest BCUT2D eigenvalue weighted by molar-refractivity contribution is 0.0664. The number of carbonyl (C=O) groups excluding carboxylic acids is 1. The predicted molar refractivity (Wildman–Crippen MR) is 107 cm³/mol. The molecular formula is C19H22ClN3O3S. The van der Waals surface area contributed by atoms with Crippen LogP contribution < -0.4 is 4.31 Å². The molecule has 0 bridgehead atoms. The van der Waals surface area contributed by atoms with Gasteiger partial charge in [-0.3, -0.25) is 9.10 Å². The van der Waals surface area contributed by atoms with Gasteiger partial charge in [0.05, 0.1) is 21.2 Å². The van der Waals surface area contributed by atoms with Gasteiger partial charge in [0.15, 0.2) is 0 Å². The lowest BCUT2D eigenvalue weighted by atomic mass is 10.1. The quantitative estimate of drug-likeness (QED) is 0.781. The lowest BCUT2D eigenvalue weighted by Crippen LogP contribution is -2.47. The molecule has 8 heteroatoms. The van der Waals surface area contributed by atoms with Crippen LogP contribution in [0.4, 0.5) is 5.69 Å². The summed E-state index contributed by atoms with van der Waals surface area (Å²) in [7, 11) is -0.240. The van der Waals surface area contributed by atoms with E-state index in [1.54, 1.807) is 41.3 Å². The second-order valence-electron chi connectivity index (χ2n) is 6.55. The Morgan fingerprint density at radius 3 is 2.30 bits per heavy atom. The van der Waals surface area contributed by atoms with Gasteiger partial charge in [-0.2, -0.15) is 0 Å². The number of nitrogens with zero attached hydrogens (tertiary/aromatic N) is 3. The Morgan fingerprint density at radius 2 is 1.67 bits per heavy atom. The number of anilines is 1. The van der Waals surface area contributed by atoms with Gasteiger partial charge < -0.3 is 9.80 Å². The highest BCUT2D eigenvalue weighted by atomic mass is 35.5. The van der Waals surface area contributed by atoms with Crippen LogP contribution in [-0.2, 0) is 10.0 Å². The maximum Gasteiger partial charge on any atom is 0.264 e. The van der Waals surface area contributed by atoms with E-state index in [-0.39, 0.29) is 10.8 Å². The maximum atomic E-state index is 12.9. The van der Waals surface area contributed by atoms with Crippen molar-refractivity contribution in [2.24, 2.45) is 0 Å². The highest BCUT2D eigenvalue weighted by molar-refractivity contribution is 7.92. The Balaban J connectivity index is 1.90. The van der Waals surface area contributed by atoms with Crippen LogP contribution in [0.2, 0.25) is 5.02 Å². The second-order valence-corrected chi connectivity index (χ2v) is 8.92. The first-order chi connectivity index (χ1) is 12.8. The number of amides is 1. The van der Waals surface area contributed by atoms with Crippen LogP contribution in [0.1, 0.15) is 10.4 Å². The molecule has 1 amide bonds. The summed E-state index contributed by atoms with van der Waals surface area (Å²) in [6.07, 6.45) is 0. The molecule has 0 atom stereocenters. The lowest BCUT2D eigenvalue weighted by Gasteiger charge is -2.32. The molecule has 2 aromatic carbocycles. The number of hydrogen-bond acceptors (Lipinski definition) is 4. The van der Waals surface area contributed by atoms with Crippen molar-refractivity contribution in [3.8, 4) is 0 Å². The first-order valence-corrected chi connectivity index (χ1v) is 10.4. The zero-order valence-corrected chi connectivity index (χ0v) is 16.9. The van der Waals surface area contributed by atoms with Gasteiger partial charge in [-0.05, 0) is 37.4 Å². The van der Waals surface area contributed by atoms with Crippen molar-refractivity contribution >= 4 is 33.2 Å². The number of sulfonamides is 1. The molecule has 0 saturated carbocycles. The summed E-state index contributed by atoms with van der Waals surface area (Å²) in [4.78, 5) is 17.0. The average Bonchev–Trinajstić information content (AvgIpc) is 2.68. The minimum Gasteiger partial charge on any atom is -0.336 e. The zero-order valence-electron chi connectivity index (χ0n) is 15.3. The molecule has 2 aromatic rings. The van der Waals surface area contributed by atoms with E-state index in [9.17, 15) is 13.2 Å². The number of likely N-dealkylation sites (N-methyl/N-ethyl adjacent to an activating group) is 1. The fraction of sp³-hybridized carbons (Fsp3) is 0.316. The molecule has 0 aliphatic carbocycles. The standard InChI is InChI=1S/C19H22ClN3O3S/c1-21-10-12-23(13-11-21)19(24)17-14-15(8-9-18(17)20)22(2)27(25,26)16-6-4-3-5-7-16/h3-9,14H,10-13H2,1-2H3. The highest BCUT2D eigenvalue weighted by Crippen LogP contribution is 2.27. The first-order valence-electron chi connectivity index (χ1n) is 8.62. The van der Waals surface area contributed by atoms with Crippen molar-refractivity contribution in [2.75, 3.05) is 44.6 Å². The molecule has 1 fully saturated rings. The monoisotopic (exact) mass is 407 g/mol. The van der Waals surface area contributed by atoms with E-state index in [0.29, 0.717) is 29.4 Å². The molecule has 3 rings (SSSR count). The van der Waals surface area contributed by atoms with Crippen LogP contribution in [0.15, 0.2) is 53.4 Å².